The second kappa shape index (κ2) is 6.64. The fourth-order valence-electron chi connectivity index (χ4n) is 3.05. The van der Waals surface area contributed by atoms with Gasteiger partial charge in [0.1, 0.15) is 0 Å². The predicted molar refractivity (Wildman–Crippen MR) is 92.2 cm³/mol. The topological polar surface area (TPSA) is 76.4 Å². The van der Waals surface area contributed by atoms with E-state index < -0.39 is 5.82 Å². The molecular formula is C17H19FN6O. The van der Waals surface area contributed by atoms with Gasteiger partial charge in [0.25, 0.3) is 5.88 Å². The molecule has 0 amide bonds. The van der Waals surface area contributed by atoms with Crippen molar-refractivity contribution in [2.24, 2.45) is 0 Å². The van der Waals surface area contributed by atoms with Gasteiger partial charge in [-0.3, -0.25) is 0 Å². The van der Waals surface area contributed by atoms with Crippen molar-refractivity contribution in [2.45, 2.75) is 18.9 Å². The molecule has 4 heterocycles. The van der Waals surface area contributed by atoms with Gasteiger partial charge < -0.3 is 15.4 Å². The fraction of sp³-hybridized carbons (Fsp3) is 0.353. The van der Waals surface area contributed by atoms with Gasteiger partial charge in [0, 0.05) is 18.8 Å². The molecule has 0 spiro atoms. The number of hydrogen-bond donors (Lipinski definition) is 2. The summed E-state index contributed by atoms with van der Waals surface area (Å²) in [6, 6.07) is 5.84. The Morgan fingerprint density at radius 3 is 3.08 bits per heavy atom. The smallest absolute Gasteiger partial charge is 0.256 e. The first kappa shape index (κ1) is 15.8. The van der Waals surface area contributed by atoms with Crippen LogP contribution in [0.5, 0.6) is 5.88 Å². The Bertz CT molecular complexity index is 890. The summed E-state index contributed by atoms with van der Waals surface area (Å²) in [4.78, 5) is 8.63. The summed E-state index contributed by atoms with van der Waals surface area (Å²) < 4.78 is 21.5. The third-order valence-corrected chi connectivity index (χ3v) is 4.32. The van der Waals surface area contributed by atoms with Gasteiger partial charge in [0.2, 0.25) is 5.82 Å². The van der Waals surface area contributed by atoms with Gasteiger partial charge in [0.15, 0.2) is 11.6 Å². The molecule has 3 aromatic heterocycles. The lowest BCUT2D eigenvalue weighted by atomic mass is 10.1. The van der Waals surface area contributed by atoms with Gasteiger partial charge >= 0.3 is 0 Å². The molecular weight excluding hydrogens is 323 g/mol. The first-order valence-electron chi connectivity index (χ1n) is 8.28. The van der Waals surface area contributed by atoms with Gasteiger partial charge in [0.05, 0.1) is 24.4 Å². The van der Waals surface area contributed by atoms with E-state index in [0.717, 1.165) is 37.0 Å². The van der Waals surface area contributed by atoms with E-state index in [1.807, 2.05) is 24.4 Å². The highest BCUT2D eigenvalue weighted by Gasteiger charge is 2.21. The van der Waals surface area contributed by atoms with Crippen LogP contribution in [0.25, 0.3) is 16.9 Å². The molecule has 1 aliphatic rings. The standard InChI is InChI=1S/C17H19FN6O/c1-25-17-14(18)16(21-11-5-4-7-19-9-11)22-15(23-17)12-10-20-24-8-3-2-6-13(12)24/h2-3,6,8,10-11,19H,4-5,7,9H2,1H3,(H,21,22,23)/t11-/m1/s1. The van der Waals surface area contributed by atoms with E-state index in [1.54, 1.807) is 10.7 Å². The number of hydrogen-bond acceptors (Lipinski definition) is 6. The van der Waals surface area contributed by atoms with Crippen LogP contribution in [0.2, 0.25) is 0 Å². The Labute approximate surface area is 144 Å². The first-order chi connectivity index (χ1) is 12.3. The highest BCUT2D eigenvalue weighted by atomic mass is 19.1. The van der Waals surface area contributed by atoms with Gasteiger partial charge in [-0.2, -0.15) is 14.5 Å². The Balaban J connectivity index is 1.76. The zero-order valence-corrected chi connectivity index (χ0v) is 13.9. The van der Waals surface area contributed by atoms with E-state index in [0.29, 0.717) is 5.82 Å². The van der Waals surface area contributed by atoms with Crippen LogP contribution in [0.1, 0.15) is 12.8 Å². The maximum Gasteiger partial charge on any atom is 0.256 e. The van der Waals surface area contributed by atoms with Crippen LogP contribution in [0.3, 0.4) is 0 Å². The van der Waals surface area contributed by atoms with Crippen LogP contribution >= 0.6 is 0 Å². The molecule has 3 aromatic rings. The summed E-state index contributed by atoms with van der Waals surface area (Å²) in [5.41, 5.74) is 1.57. The number of pyridine rings is 1. The number of nitrogens with one attached hydrogen (secondary N) is 2. The van der Waals surface area contributed by atoms with Crippen LogP contribution in [0.4, 0.5) is 10.2 Å². The van der Waals surface area contributed by atoms with E-state index in [2.05, 4.69) is 25.7 Å². The predicted octanol–water partition coefficient (Wildman–Crippen LogP) is 2.10. The Morgan fingerprint density at radius 2 is 2.28 bits per heavy atom. The van der Waals surface area contributed by atoms with Crippen molar-refractivity contribution < 1.29 is 9.13 Å². The normalized spacial score (nSPS) is 17.6. The van der Waals surface area contributed by atoms with Crippen LogP contribution in [-0.4, -0.2) is 45.8 Å². The molecule has 0 saturated carbocycles. The summed E-state index contributed by atoms with van der Waals surface area (Å²) in [5.74, 6) is -0.114. The van der Waals surface area contributed by atoms with Crippen molar-refractivity contribution in [3.05, 3.63) is 36.4 Å². The molecule has 0 bridgehead atoms. The number of rotatable bonds is 4. The second-order valence-electron chi connectivity index (χ2n) is 6.00. The maximum atomic E-state index is 14.6. The summed E-state index contributed by atoms with van der Waals surface area (Å²) in [7, 11) is 1.40. The molecule has 130 valence electrons. The molecule has 25 heavy (non-hydrogen) atoms. The molecule has 1 saturated heterocycles. The molecule has 0 aliphatic carbocycles. The largest absolute Gasteiger partial charge is 0.479 e. The van der Waals surface area contributed by atoms with Gasteiger partial charge in [-0.25, -0.2) is 9.50 Å². The van der Waals surface area contributed by atoms with Crippen LogP contribution in [-0.2, 0) is 0 Å². The minimum absolute atomic E-state index is 0.0773. The van der Waals surface area contributed by atoms with Crippen molar-refractivity contribution in [3.63, 3.8) is 0 Å². The molecule has 1 fully saturated rings. The van der Waals surface area contributed by atoms with Crippen molar-refractivity contribution in [1.82, 2.24) is 24.9 Å². The number of methoxy groups -OCH3 is 1. The summed E-state index contributed by atoms with van der Waals surface area (Å²) in [5, 5.41) is 10.8. The van der Waals surface area contributed by atoms with Crippen molar-refractivity contribution in [3.8, 4) is 17.3 Å². The van der Waals surface area contributed by atoms with Crippen molar-refractivity contribution >= 4 is 11.3 Å². The van der Waals surface area contributed by atoms with E-state index in [-0.39, 0.29) is 17.7 Å². The summed E-state index contributed by atoms with van der Waals surface area (Å²) in [6.45, 7) is 1.76. The Hall–Kier alpha value is -2.74. The van der Waals surface area contributed by atoms with Gasteiger partial charge in [-0.1, -0.05) is 6.07 Å². The number of piperidine rings is 1. The highest BCUT2D eigenvalue weighted by molar-refractivity contribution is 5.76. The van der Waals surface area contributed by atoms with Crippen molar-refractivity contribution in [1.29, 1.82) is 0 Å². The summed E-state index contributed by atoms with van der Waals surface area (Å²) >= 11 is 0. The molecule has 0 aromatic carbocycles. The van der Waals surface area contributed by atoms with Crippen LogP contribution < -0.4 is 15.4 Å². The quantitative estimate of drug-likeness (QED) is 0.756. The Kier molecular flexibility index (Phi) is 4.19. The minimum Gasteiger partial charge on any atom is -0.479 e. The molecule has 1 atom stereocenters. The second-order valence-corrected chi connectivity index (χ2v) is 6.00. The van der Waals surface area contributed by atoms with Crippen molar-refractivity contribution in [2.75, 3.05) is 25.5 Å². The zero-order chi connectivity index (χ0) is 17.2. The molecule has 2 N–H and O–H groups in total. The third-order valence-electron chi connectivity index (χ3n) is 4.32. The monoisotopic (exact) mass is 342 g/mol. The van der Waals surface area contributed by atoms with E-state index in [1.165, 1.54) is 7.11 Å². The minimum atomic E-state index is -0.576. The number of nitrogens with zero attached hydrogens (tertiary/aromatic N) is 4. The molecule has 4 rings (SSSR count). The van der Waals surface area contributed by atoms with E-state index in [9.17, 15) is 4.39 Å². The maximum absolute atomic E-state index is 14.6. The average Bonchev–Trinajstić information content (AvgIpc) is 3.08. The molecule has 7 nitrogen and oxygen atoms in total. The van der Waals surface area contributed by atoms with Gasteiger partial charge in [-0.05, 0) is 31.5 Å². The SMILES string of the molecule is COc1nc(-c2cnn3ccccc23)nc(N[C@@H]2CCCNC2)c1F. The average molecular weight is 342 g/mol. The highest BCUT2D eigenvalue weighted by Crippen LogP contribution is 2.28. The first-order valence-corrected chi connectivity index (χ1v) is 8.28. The lowest BCUT2D eigenvalue weighted by Crippen LogP contribution is -2.38. The number of halogens is 1. The Morgan fingerprint density at radius 1 is 1.36 bits per heavy atom. The number of fused-ring (bicyclic) bond motifs is 1. The van der Waals surface area contributed by atoms with E-state index >= 15 is 0 Å². The van der Waals surface area contributed by atoms with Gasteiger partial charge in [-0.15, -0.1) is 0 Å². The lowest BCUT2D eigenvalue weighted by molar-refractivity contribution is 0.368. The zero-order valence-electron chi connectivity index (χ0n) is 13.9. The van der Waals surface area contributed by atoms with E-state index in [4.69, 9.17) is 4.74 Å². The molecule has 0 radical (unpaired) electrons. The lowest BCUT2D eigenvalue weighted by Gasteiger charge is -2.24. The molecule has 0 unspecified atom stereocenters. The molecule has 1 aliphatic heterocycles. The van der Waals surface area contributed by atoms with Crippen LogP contribution in [0.15, 0.2) is 30.6 Å². The van der Waals surface area contributed by atoms with Crippen LogP contribution in [0, 0.1) is 5.82 Å². The molecule has 8 heteroatoms. The third kappa shape index (κ3) is 3.00. The number of ether oxygens (including phenoxy) is 1. The summed E-state index contributed by atoms with van der Waals surface area (Å²) in [6.07, 6.45) is 5.52. The number of aromatic nitrogens is 4. The fourth-order valence-corrected chi connectivity index (χ4v) is 3.05. The number of anilines is 1.